The number of hydrogen-bond donors (Lipinski definition) is 2. The maximum Gasteiger partial charge on any atom is 0.338 e. The van der Waals surface area contributed by atoms with Crippen LogP contribution >= 0.6 is 0 Å². The summed E-state index contributed by atoms with van der Waals surface area (Å²) < 4.78 is 5.07. The third-order valence-electron chi connectivity index (χ3n) is 4.66. The summed E-state index contributed by atoms with van der Waals surface area (Å²) in [4.78, 5) is 37.2. The first-order valence-electron chi connectivity index (χ1n) is 9.31. The van der Waals surface area contributed by atoms with Crippen LogP contribution < -0.4 is 5.43 Å². The van der Waals surface area contributed by atoms with Gasteiger partial charge in [-0.15, -0.1) is 0 Å². The van der Waals surface area contributed by atoms with Gasteiger partial charge >= 0.3 is 11.9 Å². The summed E-state index contributed by atoms with van der Waals surface area (Å²) in [5, 5.41) is 8.63. The zero-order valence-electron chi connectivity index (χ0n) is 15.5. The van der Waals surface area contributed by atoms with Crippen molar-refractivity contribution >= 4 is 24.1 Å². The number of esters is 2. The van der Waals surface area contributed by atoms with E-state index in [-0.39, 0.29) is 18.2 Å². The third-order valence-corrected chi connectivity index (χ3v) is 4.66. The Kier molecular flexibility index (Phi) is 9.34. The van der Waals surface area contributed by atoms with Gasteiger partial charge in [0.15, 0.2) is 0 Å². The molecule has 2 atom stereocenters. The Morgan fingerprint density at radius 3 is 2.28 bits per heavy atom. The fourth-order valence-corrected chi connectivity index (χ4v) is 3.23. The van der Waals surface area contributed by atoms with Gasteiger partial charge in [0.1, 0.15) is 6.04 Å². The van der Waals surface area contributed by atoms with Crippen molar-refractivity contribution in [3.8, 4) is 0 Å². The van der Waals surface area contributed by atoms with Crippen molar-refractivity contribution in [2.75, 3.05) is 6.54 Å². The second-order valence-electron chi connectivity index (χ2n) is 6.39. The topological polar surface area (TPSA) is 99.6 Å². The maximum atomic E-state index is 12.8. The van der Waals surface area contributed by atoms with Crippen LogP contribution in [0.1, 0.15) is 65.7 Å². The molecule has 1 rings (SSSR count). The first kappa shape index (κ1) is 21.3. The minimum Gasteiger partial charge on any atom is -0.391 e. The Morgan fingerprint density at radius 2 is 1.80 bits per heavy atom. The molecular formula is C18H31N3O4. The minimum atomic E-state index is -0.806. The van der Waals surface area contributed by atoms with Crippen LogP contribution in [0.2, 0.25) is 0 Å². The van der Waals surface area contributed by atoms with Crippen LogP contribution in [0.3, 0.4) is 0 Å². The lowest BCUT2D eigenvalue weighted by Gasteiger charge is -2.36. The van der Waals surface area contributed by atoms with Gasteiger partial charge in [-0.2, -0.15) is 0 Å². The van der Waals surface area contributed by atoms with Gasteiger partial charge in [-0.25, -0.2) is 10.2 Å². The smallest absolute Gasteiger partial charge is 0.338 e. The van der Waals surface area contributed by atoms with E-state index in [4.69, 9.17) is 10.1 Å². The molecule has 0 bridgehead atoms. The van der Waals surface area contributed by atoms with Crippen LogP contribution in [0.15, 0.2) is 0 Å². The van der Waals surface area contributed by atoms with E-state index in [1.54, 1.807) is 13.8 Å². The average Bonchev–Trinajstić information content (AvgIpc) is 2.62. The van der Waals surface area contributed by atoms with E-state index in [1.165, 1.54) is 5.01 Å². The van der Waals surface area contributed by atoms with E-state index in [0.29, 0.717) is 13.0 Å². The number of rotatable bonds is 9. The molecule has 0 aromatic heterocycles. The van der Waals surface area contributed by atoms with Crippen molar-refractivity contribution < 1.29 is 19.1 Å². The molecule has 0 saturated heterocycles. The highest BCUT2D eigenvalue weighted by Gasteiger charge is 2.39. The van der Waals surface area contributed by atoms with Gasteiger partial charge in [-0.3, -0.25) is 14.6 Å². The molecule has 7 nitrogen and oxygen atoms in total. The van der Waals surface area contributed by atoms with Crippen molar-refractivity contribution in [3.63, 3.8) is 0 Å². The molecule has 0 aromatic rings. The number of ether oxygens (including phenoxy) is 1. The van der Waals surface area contributed by atoms with Crippen molar-refractivity contribution in [3.05, 3.63) is 0 Å². The zero-order chi connectivity index (χ0) is 18.8. The van der Waals surface area contributed by atoms with E-state index in [0.717, 1.165) is 38.3 Å². The van der Waals surface area contributed by atoms with Gasteiger partial charge in [0.2, 0.25) is 5.91 Å². The van der Waals surface area contributed by atoms with Crippen LogP contribution in [0, 0.1) is 17.2 Å². The summed E-state index contributed by atoms with van der Waals surface area (Å²) in [5.41, 5.74) is 2.97. The van der Waals surface area contributed by atoms with Crippen molar-refractivity contribution in [1.82, 2.24) is 10.4 Å². The molecule has 0 radical (unpaired) electrons. The fourth-order valence-electron chi connectivity index (χ4n) is 3.23. The maximum absolute atomic E-state index is 12.8. The number of hydrazine groups is 1. The molecule has 1 fully saturated rings. The SMILES string of the molecule is CCNN(C(=O)CC)[C@H](C(=O)OC(=O)[C@H](C=N)CC)C1CCCCC1. The predicted molar refractivity (Wildman–Crippen MR) is 94.8 cm³/mol. The minimum absolute atomic E-state index is 0.0244. The molecule has 0 unspecified atom stereocenters. The van der Waals surface area contributed by atoms with Crippen LogP contribution in [-0.4, -0.2) is 41.7 Å². The summed E-state index contributed by atoms with van der Waals surface area (Å²) in [6.45, 7) is 5.84. The molecule has 0 aromatic carbocycles. The van der Waals surface area contributed by atoms with Gasteiger partial charge in [-0.05, 0) is 25.2 Å². The van der Waals surface area contributed by atoms with Crippen molar-refractivity contribution in [1.29, 1.82) is 5.41 Å². The van der Waals surface area contributed by atoms with Gasteiger partial charge in [0.05, 0.1) is 5.92 Å². The molecule has 0 spiro atoms. The lowest BCUT2D eigenvalue weighted by molar-refractivity contribution is -0.171. The molecule has 1 aliphatic carbocycles. The standard InChI is InChI=1S/C18H31N3O4/c1-4-13(12-19)17(23)25-18(24)16(14-10-8-7-9-11-14)21(20-6-3)15(22)5-2/h12-14,16,19-20H,4-11H2,1-3H3/t13-,16-/m0/s1. The Hall–Kier alpha value is -1.76. The largest absolute Gasteiger partial charge is 0.391 e. The van der Waals surface area contributed by atoms with Gasteiger partial charge in [0.25, 0.3) is 0 Å². The highest BCUT2D eigenvalue weighted by molar-refractivity contribution is 5.97. The molecule has 0 aliphatic heterocycles. The highest BCUT2D eigenvalue weighted by Crippen LogP contribution is 2.30. The van der Waals surface area contributed by atoms with E-state index < -0.39 is 23.9 Å². The summed E-state index contributed by atoms with van der Waals surface area (Å²) >= 11 is 0. The molecular weight excluding hydrogens is 322 g/mol. The Balaban J connectivity index is 3.02. The van der Waals surface area contributed by atoms with E-state index in [2.05, 4.69) is 5.43 Å². The molecule has 1 amide bonds. The molecule has 0 heterocycles. The lowest BCUT2D eigenvalue weighted by atomic mass is 9.83. The number of nitrogens with zero attached hydrogens (tertiary/aromatic N) is 1. The number of nitrogens with one attached hydrogen (secondary N) is 2. The van der Waals surface area contributed by atoms with Crippen LogP contribution in [0.4, 0.5) is 0 Å². The first-order valence-corrected chi connectivity index (χ1v) is 9.31. The predicted octanol–water partition coefficient (Wildman–Crippen LogP) is 2.44. The van der Waals surface area contributed by atoms with Crippen molar-refractivity contribution in [2.45, 2.75) is 71.8 Å². The molecule has 25 heavy (non-hydrogen) atoms. The summed E-state index contributed by atoms with van der Waals surface area (Å²) in [6.07, 6.45) is 6.42. The Labute approximate surface area is 150 Å². The second kappa shape index (κ2) is 11.0. The number of carbonyl (C=O) groups is 3. The molecule has 2 N–H and O–H groups in total. The van der Waals surface area contributed by atoms with Gasteiger partial charge in [0, 0.05) is 19.2 Å². The highest BCUT2D eigenvalue weighted by atomic mass is 16.6. The fraction of sp³-hybridized carbons (Fsp3) is 0.778. The quantitative estimate of drug-likeness (QED) is 0.287. The van der Waals surface area contributed by atoms with E-state index >= 15 is 0 Å². The number of carbonyl (C=O) groups excluding carboxylic acids is 3. The van der Waals surface area contributed by atoms with E-state index in [1.807, 2.05) is 6.92 Å². The number of amides is 1. The zero-order valence-corrected chi connectivity index (χ0v) is 15.5. The van der Waals surface area contributed by atoms with Crippen LogP contribution in [-0.2, 0) is 19.1 Å². The first-order chi connectivity index (χ1) is 12.0. The summed E-state index contributed by atoms with van der Waals surface area (Å²) in [6, 6.07) is -0.806. The third kappa shape index (κ3) is 5.92. The van der Waals surface area contributed by atoms with Crippen molar-refractivity contribution in [2.24, 2.45) is 11.8 Å². The normalized spacial score (nSPS) is 17.4. The Morgan fingerprint density at radius 1 is 1.16 bits per heavy atom. The van der Waals surface area contributed by atoms with Crippen LogP contribution in [0.25, 0.3) is 0 Å². The Bertz CT molecular complexity index is 475. The average molecular weight is 353 g/mol. The van der Waals surface area contributed by atoms with E-state index in [9.17, 15) is 14.4 Å². The molecule has 7 heteroatoms. The van der Waals surface area contributed by atoms with Gasteiger partial charge in [-0.1, -0.05) is 40.0 Å². The van der Waals surface area contributed by atoms with Gasteiger partial charge < -0.3 is 10.1 Å². The molecule has 142 valence electrons. The number of hydrogen-bond acceptors (Lipinski definition) is 6. The monoisotopic (exact) mass is 353 g/mol. The second-order valence-corrected chi connectivity index (χ2v) is 6.39. The summed E-state index contributed by atoms with van der Waals surface area (Å²) in [7, 11) is 0. The molecule has 1 saturated carbocycles. The molecule has 1 aliphatic rings. The lowest BCUT2D eigenvalue weighted by Crippen LogP contribution is -2.56. The van der Waals surface area contributed by atoms with Crippen LogP contribution in [0.5, 0.6) is 0 Å². The summed E-state index contributed by atoms with van der Waals surface area (Å²) in [5.74, 6) is -2.36.